The van der Waals surface area contributed by atoms with E-state index < -0.39 is 28.9 Å². The van der Waals surface area contributed by atoms with Crippen molar-refractivity contribution < 1.29 is 18.1 Å². The summed E-state index contributed by atoms with van der Waals surface area (Å²) in [5.74, 6) is -2.48. The number of aryl methyl sites for hydroxylation is 1. The van der Waals surface area contributed by atoms with Gasteiger partial charge in [0.15, 0.2) is 16.5 Å². The highest BCUT2D eigenvalue weighted by Gasteiger charge is 2.28. The Morgan fingerprint density at radius 3 is 2.83 bits per heavy atom. The normalized spacial score (nSPS) is 21.6. The fourth-order valence-electron chi connectivity index (χ4n) is 3.40. The zero-order chi connectivity index (χ0) is 21.0. The molecule has 2 heterocycles. The summed E-state index contributed by atoms with van der Waals surface area (Å²) >= 11 is -1.46. The number of hydrogen-bond acceptors (Lipinski definition) is 3. The van der Waals surface area contributed by atoms with Crippen molar-refractivity contribution in [2.75, 3.05) is 5.32 Å². The van der Waals surface area contributed by atoms with Crippen molar-refractivity contribution in [3.8, 4) is 0 Å². The van der Waals surface area contributed by atoms with Gasteiger partial charge >= 0.3 is 0 Å². The van der Waals surface area contributed by atoms with Gasteiger partial charge < -0.3 is 14.4 Å². The molecule has 29 heavy (non-hydrogen) atoms. The number of fused-ring (bicyclic) bond motifs is 1. The maximum absolute atomic E-state index is 13.5. The number of rotatable bonds is 2. The maximum Gasteiger partial charge on any atom is 0.272 e. The van der Waals surface area contributed by atoms with E-state index in [1.54, 1.807) is 17.8 Å². The van der Waals surface area contributed by atoms with E-state index in [-0.39, 0.29) is 11.7 Å². The van der Waals surface area contributed by atoms with Crippen LogP contribution < -0.4 is 10.0 Å². The first-order valence-corrected chi connectivity index (χ1v) is 10.8. The fourth-order valence-corrected chi connectivity index (χ4v) is 4.67. The lowest BCUT2D eigenvalue weighted by atomic mass is 10.1. The lowest BCUT2D eigenvalue weighted by Gasteiger charge is -2.17. The Morgan fingerprint density at radius 2 is 2.07 bits per heavy atom. The largest absolute Gasteiger partial charge is 0.593 e. The molecule has 1 amide bonds. The average Bonchev–Trinajstić information content (AvgIpc) is 2.99. The third-order valence-electron chi connectivity index (χ3n) is 4.89. The van der Waals surface area contributed by atoms with Crippen LogP contribution >= 0.6 is 0 Å². The monoisotopic (exact) mass is 421 g/mol. The number of nitrogens with one attached hydrogen (secondary N) is 2. The van der Waals surface area contributed by atoms with Gasteiger partial charge in [-0.15, -0.1) is 4.72 Å². The molecular weight excluding hydrogens is 396 g/mol. The molecule has 8 heteroatoms. The van der Waals surface area contributed by atoms with Gasteiger partial charge in [-0.25, -0.2) is 8.78 Å². The van der Waals surface area contributed by atoms with Crippen LogP contribution in [0.15, 0.2) is 41.4 Å². The summed E-state index contributed by atoms with van der Waals surface area (Å²) < 4.78 is 44.3. The van der Waals surface area contributed by atoms with Crippen LogP contribution in [0.2, 0.25) is 0 Å². The molecule has 1 aliphatic rings. The molecule has 0 spiro atoms. The van der Waals surface area contributed by atoms with Crippen molar-refractivity contribution in [3.63, 3.8) is 0 Å². The molecule has 156 valence electrons. The number of benzene rings is 1. The standard InChI is InChI=1S/C21H25F2N3O2S/c1-14-8-6-4-3-5-7-9-16-19(29(28)25-14)13-26(2)20(16)21(27)24-15-10-11-17(22)18(23)12-15/h5,7,10-14,25H,3-4,6,8-9H2,1-2H3,(H,24,27)/b7-5+. The highest BCUT2D eigenvalue weighted by molar-refractivity contribution is 7.89. The molecule has 3 rings (SSSR count). The molecule has 5 nitrogen and oxygen atoms in total. The number of hydrogen-bond donors (Lipinski definition) is 2. The SMILES string of the molecule is CC1CCCC/C=C/Cc2c(cn(C)c2C(=O)Nc2ccc(F)c(F)c2)[S+]([O-])N1. The van der Waals surface area contributed by atoms with E-state index in [1.807, 2.05) is 13.0 Å². The highest BCUT2D eigenvalue weighted by Crippen LogP contribution is 2.25. The van der Waals surface area contributed by atoms with Gasteiger partial charge in [-0.05, 0) is 44.7 Å². The van der Waals surface area contributed by atoms with Crippen LogP contribution in [-0.2, 0) is 24.8 Å². The number of carbonyl (C=O) groups is 1. The van der Waals surface area contributed by atoms with Crippen LogP contribution in [0.1, 0.15) is 48.7 Å². The van der Waals surface area contributed by atoms with E-state index >= 15 is 0 Å². The number of nitrogens with zero attached hydrogens (tertiary/aromatic N) is 1. The minimum absolute atomic E-state index is 0.0896. The van der Waals surface area contributed by atoms with E-state index in [1.165, 1.54) is 6.07 Å². The Balaban J connectivity index is 1.93. The van der Waals surface area contributed by atoms with Crippen LogP contribution in [0.3, 0.4) is 0 Å². The smallest absolute Gasteiger partial charge is 0.272 e. The second kappa shape index (κ2) is 9.56. The second-order valence-corrected chi connectivity index (χ2v) is 8.48. The van der Waals surface area contributed by atoms with Gasteiger partial charge in [0.1, 0.15) is 5.69 Å². The van der Waals surface area contributed by atoms with Crippen molar-refractivity contribution in [2.45, 2.75) is 50.0 Å². The average molecular weight is 422 g/mol. The van der Waals surface area contributed by atoms with Crippen molar-refractivity contribution >= 4 is 23.0 Å². The van der Waals surface area contributed by atoms with Gasteiger partial charge in [-0.1, -0.05) is 18.6 Å². The summed E-state index contributed by atoms with van der Waals surface area (Å²) in [7, 11) is 1.70. The second-order valence-electron chi connectivity index (χ2n) is 7.26. The minimum atomic E-state index is -1.46. The lowest BCUT2D eigenvalue weighted by Crippen LogP contribution is -2.33. The quantitative estimate of drug-likeness (QED) is 0.563. The number of aromatic nitrogens is 1. The van der Waals surface area contributed by atoms with Crippen molar-refractivity contribution in [1.29, 1.82) is 0 Å². The lowest BCUT2D eigenvalue weighted by molar-refractivity contribution is 0.101. The van der Waals surface area contributed by atoms with Gasteiger partial charge in [-0.2, -0.15) is 0 Å². The molecule has 1 aromatic heterocycles. The molecule has 2 atom stereocenters. The first-order valence-electron chi connectivity index (χ1n) is 9.64. The molecule has 2 N–H and O–H groups in total. The summed E-state index contributed by atoms with van der Waals surface area (Å²) in [5.41, 5.74) is 1.15. The zero-order valence-electron chi connectivity index (χ0n) is 16.5. The molecule has 2 unspecified atom stereocenters. The van der Waals surface area contributed by atoms with Gasteiger partial charge in [0.05, 0.1) is 23.6 Å². The summed E-state index contributed by atoms with van der Waals surface area (Å²) in [6, 6.07) is 3.29. The Bertz CT molecular complexity index is 914. The molecule has 0 radical (unpaired) electrons. The van der Waals surface area contributed by atoms with Crippen molar-refractivity contribution in [3.05, 3.63) is 59.4 Å². The van der Waals surface area contributed by atoms with Crippen LogP contribution in [-0.4, -0.2) is 21.1 Å². The Morgan fingerprint density at radius 1 is 1.28 bits per heavy atom. The molecule has 1 aromatic carbocycles. The van der Waals surface area contributed by atoms with Gasteiger partial charge in [0.25, 0.3) is 5.91 Å². The number of allylic oxidation sites excluding steroid dienone is 2. The highest BCUT2D eigenvalue weighted by atomic mass is 32.2. The van der Waals surface area contributed by atoms with E-state index in [0.717, 1.165) is 37.8 Å². The van der Waals surface area contributed by atoms with Crippen LogP contribution in [0.4, 0.5) is 14.5 Å². The zero-order valence-corrected chi connectivity index (χ0v) is 17.3. The van der Waals surface area contributed by atoms with E-state index in [4.69, 9.17) is 0 Å². The van der Waals surface area contributed by atoms with Crippen LogP contribution in [0.5, 0.6) is 0 Å². The Labute approximate surface area is 172 Å². The topological polar surface area (TPSA) is 69.1 Å². The van der Waals surface area contributed by atoms with E-state index in [0.29, 0.717) is 22.6 Å². The molecule has 0 bridgehead atoms. The fraction of sp³-hybridized carbons (Fsp3) is 0.381. The molecule has 0 fully saturated rings. The van der Waals surface area contributed by atoms with Gasteiger partial charge in [0, 0.05) is 24.4 Å². The predicted octanol–water partition coefficient (Wildman–Crippen LogP) is 4.23. The van der Waals surface area contributed by atoms with E-state index in [2.05, 4.69) is 16.1 Å². The first-order chi connectivity index (χ1) is 13.9. The van der Waals surface area contributed by atoms with Crippen LogP contribution in [0.25, 0.3) is 0 Å². The van der Waals surface area contributed by atoms with E-state index in [9.17, 15) is 18.1 Å². The third kappa shape index (κ3) is 5.26. The first kappa shape index (κ1) is 21.5. The minimum Gasteiger partial charge on any atom is -0.593 e. The number of carbonyl (C=O) groups excluding carboxylic acids is 1. The van der Waals surface area contributed by atoms with Crippen molar-refractivity contribution in [2.24, 2.45) is 7.05 Å². The molecule has 1 aliphatic heterocycles. The molecule has 0 saturated heterocycles. The third-order valence-corrected chi connectivity index (χ3v) is 6.26. The maximum atomic E-state index is 13.5. The molecule has 0 saturated carbocycles. The molecule has 0 aliphatic carbocycles. The molecule has 2 aromatic rings. The van der Waals surface area contributed by atoms with Gasteiger partial charge in [0.2, 0.25) is 0 Å². The predicted molar refractivity (Wildman–Crippen MR) is 110 cm³/mol. The number of anilines is 1. The van der Waals surface area contributed by atoms with Crippen molar-refractivity contribution in [1.82, 2.24) is 9.29 Å². The summed E-state index contributed by atoms with van der Waals surface area (Å²) in [5, 5.41) is 2.60. The number of amides is 1. The Kier molecular flexibility index (Phi) is 7.10. The summed E-state index contributed by atoms with van der Waals surface area (Å²) in [6.07, 6.45) is 10.2. The summed E-state index contributed by atoms with van der Waals surface area (Å²) in [6.45, 7) is 2.00. The van der Waals surface area contributed by atoms with Gasteiger partial charge in [-0.3, -0.25) is 4.79 Å². The number of halogens is 2. The van der Waals surface area contributed by atoms with Crippen LogP contribution in [0, 0.1) is 11.6 Å². The summed E-state index contributed by atoms with van der Waals surface area (Å²) in [4.78, 5) is 13.5. The Hall–Kier alpha value is -2.16. The molecular formula is C21H25F2N3O2S.